The second kappa shape index (κ2) is 9.77. The Hall–Kier alpha value is -3.15. The fourth-order valence-corrected chi connectivity index (χ4v) is 4.93. The van der Waals surface area contributed by atoms with E-state index in [1.165, 1.54) is 12.8 Å². The van der Waals surface area contributed by atoms with Crippen molar-refractivity contribution in [3.05, 3.63) is 108 Å². The van der Waals surface area contributed by atoms with Crippen LogP contribution in [-0.4, -0.2) is 54.9 Å². The summed E-state index contributed by atoms with van der Waals surface area (Å²) in [5.41, 5.74) is 2.32. The first-order valence-corrected chi connectivity index (χ1v) is 11.7. The molecule has 0 saturated carbocycles. The van der Waals surface area contributed by atoms with Crippen molar-refractivity contribution in [2.24, 2.45) is 0 Å². The molecule has 2 fully saturated rings. The summed E-state index contributed by atoms with van der Waals surface area (Å²) < 4.78 is 12.5. The first kappa shape index (κ1) is 21.7. The van der Waals surface area contributed by atoms with Crippen molar-refractivity contribution in [1.29, 1.82) is 0 Å². The largest absolute Gasteiger partial charge is 0.442 e. The lowest BCUT2D eigenvalue weighted by atomic mass is 9.80. The predicted octanol–water partition coefficient (Wildman–Crippen LogP) is 4.87. The predicted molar refractivity (Wildman–Crippen MR) is 128 cm³/mol. The number of ether oxygens (including phenoxy) is 2. The number of carbonyl (C=O) groups is 1. The number of nitrogens with zero attached hydrogens (tertiary/aromatic N) is 2. The molecule has 2 aliphatic rings. The van der Waals surface area contributed by atoms with Gasteiger partial charge in [-0.3, -0.25) is 9.80 Å². The number of benzene rings is 3. The van der Waals surface area contributed by atoms with Crippen LogP contribution < -0.4 is 0 Å². The van der Waals surface area contributed by atoms with Crippen molar-refractivity contribution in [3.63, 3.8) is 0 Å². The van der Waals surface area contributed by atoms with E-state index >= 15 is 0 Å². The van der Waals surface area contributed by atoms with Gasteiger partial charge in [0.25, 0.3) is 0 Å². The molecule has 0 aliphatic carbocycles. The maximum Gasteiger partial charge on any atom is 0.411 e. The first-order chi connectivity index (χ1) is 16.3. The molecular weight excluding hydrogens is 412 g/mol. The van der Waals surface area contributed by atoms with E-state index in [-0.39, 0.29) is 12.2 Å². The summed E-state index contributed by atoms with van der Waals surface area (Å²) in [7, 11) is 0. The average Bonchev–Trinajstić information content (AvgIpc) is 3.51. The zero-order valence-electron chi connectivity index (χ0n) is 18.8. The van der Waals surface area contributed by atoms with Gasteiger partial charge in [-0.2, -0.15) is 0 Å². The Morgan fingerprint density at radius 1 is 0.788 bits per heavy atom. The van der Waals surface area contributed by atoms with E-state index in [1.54, 1.807) is 4.90 Å². The van der Waals surface area contributed by atoms with Gasteiger partial charge >= 0.3 is 6.09 Å². The molecule has 2 aliphatic heterocycles. The van der Waals surface area contributed by atoms with Gasteiger partial charge in [0, 0.05) is 0 Å². The van der Waals surface area contributed by atoms with Gasteiger partial charge in [0.2, 0.25) is 0 Å². The number of cyclic esters (lactones) is 1. The second-order valence-electron chi connectivity index (χ2n) is 8.79. The molecule has 5 nitrogen and oxygen atoms in total. The standard InChI is InChI=1S/C28H30N2O3/c31-27-30(22-29-18-10-11-19-29)20-26(33-27)21-32-28(23-12-4-1-5-13-23,24-14-6-2-7-15-24)25-16-8-3-9-17-25/h1-9,12-17,26H,10-11,18-22H2/t26-/m0/s1. The third-order valence-electron chi connectivity index (χ3n) is 6.55. The molecule has 170 valence electrons. The molecule has 5 rings (SSSR count). The van der Waals surface area contributed by atoms with Gasteiger partial charge in [-0.1, -0.05) is 91.0 Å². The molecule has 0 unspecified atom stereocenters. The monoisotopic (exact) mass is 442 g/mol. The molecule has 0 aromatic heterocycles. The van der Waals surface area contributed by atoms with Gasteiger partial charge in [-0.25, -0.2) is 4.79 Å². The fourth-order valence-electron chi connectivity index (χ4n) is 4.93. The van der Waals surface area contributed by atoms with Crippen LogP contribution in [0.1, 0.15) is 29.5 Å². The van der Waals surface area contributed by atoms with Gasteiger partial charge < -0.3 is 9.47 Å². The van der Waals surface area contributed by atoms with Crippen LogP contribution >= 0.6 is 0 Å². The quantitative estimate of drug-likeness (QED) is 0.467. The highest BCUT2D eigenvalue weighted by atomic mass is 16.6. The van der Waals surface area contributed by atoms with Crippen LogP contribution in [-0.2, 0) is 15.1 Å². The normalized spacial score (nSPS) is 19.1. The third kappa shape index (κ3) is 4.52. The van der Waals surface area contributed by atoms with E-state index in [2.05, 4.69) is 41.3 Å². The minimum Gasteiger partial charge on any atom is -0.442 e. The summed E-state index contributed by atoms with van der Waals surface area (Å²) in [6.45, 7) is 3.58. The number of rotatable bonds is 8. The van der Waals surface area contributed by atoms with Crippen LogP contribution in [0.2, 0.25) is 0 Å². The molecule has 3 aromatic carbocycles. The zero-order valence-corrected chi connectivity index (χ0v) is 18.8. The van der Waals surface area contributed by atoms with Crippen LogP contribution in [0.5, 0.6) is 0 Å². The Morgan fingerprint density at radius 3 is 1.76 bits per heavy atom. The maximum absolute atomic E-state index is 12.5. The Labute approximate surface area is 195 Å². The minimum atomic E-state index is -0.807. The van der Waals surface area contributed by atoms with Crippen molar-refractivity contribution in [1.82, 2.24) is 9.80 Å². The highest BCUT2D eigenvalue weighted by molar-refractivity contribution is 5.69. The van der Waals surface area contributed by atoms with Gasteiger partial charge in [0.1, 0.15) is 11.7 Å². The molecule has 3 aromatic rings. The molecule has 1 amide bonds. The molecule has 1 atom stereocenters. The summed E-state index contributed by atoms with van der Waals surface area (Å²) in [5.74, 6) is 0. The minimum absolute atomic E-state index is 0.250. The van der Waals surface area contributed by atoms with Crippen molar-refractivity contribution in [2.75, 3.05) is 32.9 Å². The van der Waals surface area contributed by atoms with Crippen LogP contribution in [0.15, 0.2) is 91.0 Å². The highest BCUT2D eigenvalue weighted by Crippen LogP contribution is 2.40. The highest BCUT2D eigenvalue weighted by Gasteiger charge is 2.40. The van der Waals surface area contributed by atoms with E-state index in [4.69, 9.17) is 9.47 Å². The van der Waals surface area contributed by atoms with Crippen molar-refractivity contribution >= 4 is 6.09 Å². The van der Waals surface area contributed by atoms with Crippen LogP contribution in [0.4, 0.5) is 4.79 Å². The molecule has 5 heteroatoms. The second-order valence-corrected chi connectivity index (χ2v) is 8.79. The van der Waals surface area contributed by atoms with Crippen molar-refractivity contribution in [2.45, 2.75) is 24.5 Å². The van der Waals surface area contributed by atoms with E-state index in [9.17, 15) is 4.79 Å². The lowest BCUT2D eigenvalue weighted by Gasteiger charge is -2.36. The average molecular weight is 443 g/mol. The Balaban J connectivity index is 1.44. The summed E-state index contributed by atoms with van der Waals surface area (Å²) in [4.78, 5) is 16.6. The smallest absolute Gasteiger partial charge is 0.411 e. The summed E-state index contributed by atoms with van der Waals surface area (Å²) in [5, 5.41) is 0. The van der Waals surface area contributed by atoms with Crippen LogP contribution in [0, 0.1) is 0 Å². The molecule has 2 saturated heterocycles. The topological polar surface area (TPSA) is 42.0 Å². The van der Waals surface area contributed by atoms with Crippen LogP contribution in [0.3, 0.4) is 0 Å². The zero-order chi connectivity index (χ0) is 22.5. The number of likely N-dealkylation sites (tertiary alicyclic amines) is 1. The molecule has 0 radical (unpaired) electrons. The van der Waals surface area contributed by atoms with Crippen molar-refractivity contribution < 1.29 is 14.3 Å². The van der Waals surface area contributed by atoms with Gasteiger partial charge in [-0.15, -0.1) is 0 Å². The van der Waals surface area contributed by atoms with Crippen LogP contribution in [0.25, 0.3) is 0 Å². The number of amides is 1. The summed E-state index contributed by atoms with van der Waals surface area (Å²) in [6, 6.07) is 30.8. The Morgan fingerprint density at radius 2 is 1.27 bits per heavy atom. The molecule has 33 heavy (non-hydrogen) atoms. The summed E-state index contributed by atoms with van der Waals surface area (Å²) in [6.07, 6.45) is 1.84. The lowest BCUT2D eigenvalue weighted by Crippen LogP contribution is -2.38. The Kier molecular flexibility index (Phi) is 6.42. The van der Waals surface area contributed by atoms with E-state index < -0.39 is 5.60 Å². The van der Waals surface area contributed by atoms with E-state index in [1.807, 2.05) is 54.6 Å². The fraction of sp³-hybridized carbons (Fsp3) is 0.321. The number of hydrogen-bond donors (Lipinski definition) is 0. The van der Waals surface area contributed by atoms with Crippen molar-refractivity contribution in [3.8, 4) is 0 Å². The Bertz CT molecular complexity index is 940. The summed E-state index contributed by atoms with van der Waals surface area (Å²) >= 11 is 0. The number of hydrogen-bond acceptors (Lipinski definition) is 4. The third-order valence-corrected chi connectivity index (χ3v) is 6.55. The first-order valence-electron chi connectivity index (χ1n) is 11.7. The molecule has 2 heterocycles. The maximum atomic E-state index is 12.5. The molecular formula is C28H30N2O3. The van der Waals surface area contributed by atoms with Gasteiger partial charge in [-0.05, 0) is 42.6 Å². The van der Waals surface area contributed by atoms with Gasteiger partial charge in [0.15, 0.2) is 0 Å². The molecule has 0 spiro atoms. The SMILES string of the molecule is O=C1O[C@H](COC(c2ccccc2)(c2ccccc2)c2ccccc2)CN1CN1CCCC1. The lowest BCUT2D eigenvalue weighted by molar-refractivity contribution is -0.0298. The van der Waals surface area contributed by atoms with E-state index in [0.717, 1.165) is 29.8 Å². The van der Waals surface area contributed by atoms with Gasteiger partial charge in [0.05, 0.1) is 19.8 Å². The van der Waals surface area contributed by atoms with E-state index in [0.29, 0.717) is 19.8 Å². The number of carbonyl (C=O) groups excluding carboxylic acids is 1. The molecule has 0 bridgehead atoms. The molecule has 0 N–H and O–H groups in total.